The molecule has 0 aliphatic rings. The Morgan fingerprint density at radius 1 is 1.27 bits per heavy atom. The lowest BCUT2D eigenvalue weighted by Gasteiger charge is -2.14. The Morgan fingerprint density at radius 2 is 2.03 bits per heavy atom. The lowest BCUT2D eigenvalue weighted by atomic mass is 10.0. The Bertz CT molecular complexity index is 1090. The third-order valence-electron chi connectivity index (χ3n) is 4.30. The molecule has 0 saturated heterocycles. The highest BCUT2D eigenvalue weighted by Crippen LogP contribution is 2.24. The van der Waals surface area contributed by atoms with Gasteiger partial charge in [-0.15, -0.1) is 11.3 Å². The number of carbonyl (C=O) groups is 1. The molecule has 156 valence electrons. The average molecular weight is 424 g/mol. The molecule has 30 heavy (non-hydrogen) atoms. The van der Waals surface area contributed by atoms with Crippen LogP contribution in [-0.2, 0) is 11.2 Å². The number of nitrogen functional groups attached to an aromatic ring is 1. The van der Waals surface area contributed by atoms with Gasteiger partial charge >= 0.3 is 0 Å². The SMILES string of the molecule is Cc1nc(C)c(CC(=O)Nc2cc(C(=N)c3cc(OC(C)C)ccc3N)ccn2)s1. The summed E-state index contributed by atoms with van der Waals surface area (Å²) in [5, 5.41) is 12.3. The normalized spacial score (nSPS) is 10.8. The molecule has 0 atom stereocenters. The molecule has 0 saturated carbocycles. The van der Waals surface area contributed by atoms with E-state index in [-0.39, 0.29) is 24.1 Å². The molecule has 0 bridgehead atoms. The molecule has 1 aromatic carbocycles. The monoisotopic (exact) mass is 423 g/mol. The highest BCUT2D eigenvalue weighted by molar-refractivity contribution is 7.11. The minimum absolute atomic E-state index is 0.0179. The summed E-state index contributed by atoms with van der Waals surface area (Å²) in [6, 6.07) is 8.65. The number of aromatic nitrogens is 2. The predicted molar refractivity (Wildman–Crippen MR) is 121 cm³/mol. The molecule has 4 N–H and O–H groups in total. The Balaban J connectivity index is 1.77. The Kier molecular flexibility index (Phi) is 6.47. The number of hydrogen-bond donors (Lipinski definition) is 3. The number of hydrogen-bond acceptors (Lipinski definition) is 7. The van der Waals surface area contributed by atoms with E-state index in [0.717, 1.165) is 15.6 Å². The van der Waals surface area contributed by atoms with Gasteiger partial charge in [-0.3, -0.25) is 10.2 Å². The summed E-state index contributed by atoms with van der Waals surface area (Å²) in [7, 11) is 0. The highest BCUT2D eigenvalue weighted by atomic mass is 32.1. The maximum Gasteiger partial charge on any atom is 0.230 e. The molecule has 7 nitrogen and oxygen atoms in total. The van der Waals surface area contributed by atoms with Crippen LogP contribution in [0.1, 0.15) is 40.6 Å². The first-order chi connectivity index (χ1) is 14.2. The van der Waals surface area contributed by atoms with E-state index in [4.69, 9.17) is 15.9 Å². The van der Waals surface area contributed by atoms with Crippen molar-refractivity contribution in [2.45, 2.75) is 40.2 Å². The number of rotatable bonds is 7. The van der Waals surface area contributed by atoms with Crippen LogP contribution in [0.5, 0.6) is 5.75 Å². The first kappa shape index (κ1) is 21.4. The fourth-order valence-corrected chi connectivity index (χ4v) is 3.91. The topological polar surface area (TPSA) is 114 Å². The number of nitrogens with one attached hydrogen (secondary N) is 2. The van der Waals surface area contributed by atoms with Crippen LogP contribution in [-0.4, -0.2) is 27.7 Å². The van der Waals surface area contributed by atoms with Gasteiger partial charge in [-0.25, -0.2) is 9.97 Å². The van der Waals surface area contributed by atoms with Crippen LogP contribution in [0.4, 0.5) is 11.5 Å². The molecule has 0 unspecified atom stereocenters. The van der Waals surface area contributed by atoms with E-state index >= 15 is 0 Å². The van der Waals surface area contributed by atoms with Crippen molar-refractivity contribution in [3.63, 3.8) is 0 Å². The van der Waals surface area contributed by atoms with Crippen molar-refractivity contribution >= 4 is 34.5 Å². The second-order valence-corrected chi connectivity index (χ2v) is 8.47. The van der Waals surface area contributed by atoms with Gasteiger partial charge in [0.25, 0.3) is 0 Å². The molecule has 0 fully saturated rings. The highest BCUT2D eigenvalue weighted by Gasteiger charge is 2.14. The molecule has 1 amide bonds. The Labute approximate surface area is 179 Å². The Morgan fingerprint density at radius 3 is 2.70 bits per heavy atom. The van der Waals surface area contributed by atoms with Gasteiger partial charge in [-0.1, -0.05) is 0 Å². The maximum atomic E-state index is 12.4. The number of nitrogens with two attached hydrogens (primary N) is 1. The van der Waals surface area contributed by atoms with Crippen molar-refractivity contribution in [1.82, 2.24) is 9.97 Å². The molecule has 0 radical (unpaired) electrons. The number of aryl methyl sites for hydroxylation is 2. The number of ether oxygens (including phenoxy) is 1. The summed E-state index contributed by atoms with van der Waals surface area (Å²) in [6.07, 6.45) is 1.82. The predicted octanol–water partition coefficient (Wildman–Crippen LogP) is 4.12. The van der Waals surface area contributed by atoms with E-state index in [9.17, 15) is 4.79 Å². The van der Waals surface area contributed by atoms with Gasteiger partial charge in [0.05, 0.1) is 28.9 Å². The largest absolute Gasteiger partial charge is 0.491 e. The van der Waals surface area contributed by atoms with Gasteiger partial charge in [0.2, 0.25) is 5.91 Å². The maximum absolute atomic E-state index is 12.4. The van der Waals surface area contributed by atoms with E-state index in [0.29, 0.717) is 28.4 Å². The molecular weight excluding hydrogens is 398 g/mol. The van der Waals surface area contributed by atoms with Crippen LogP contribution in [0, 0.1) is 19.3 Å². The summed E-state index contributed by atoms with van der Waals surface area (Å²) in [6.45, 7) is 7.69. The minimum Gasteiger partial charge on any atom is -0.491 e. The van der Waals surface area contributed by atoms with Gasteiger partial charge in [-0.2, -0.15) is 0 Å². The van der Waals surface area contributed by atoms with Crippen LogP contribution in [0.2, 0.25) is 0 Å². The van der Waals surface area contributed by atoms with Crippen molar-refractivity contribution in [1.29, 1.82) is 5.41 Å². The number of pyridine rings is 1. The number of benzene rings is 1. The summed E-state index contributed by atoms with van der Waals surface area (Å²) < 4.78 is 5.71. The van der Waals surface area contributed by atoms with E-state index in [1.165, 1.54) is 11.3 Å². The molecule has 3 rings (SSSR count). The van der Waals surface area contributed by atoms with Gasteiger partial charge in [0.1, 0.15) is 11.6 Å². The first-order valence-electron chi connectivity index (χ1n) is 9.57. The van der Waals surface area contributed by atoms with E-state index in [1.54, 1.807) is 36.5 Å². The van der Waals surface area contributed by atoms with Crippen LogP contribution in [0.15, 0.2) is 36.5 Å². The summed E-state index contributed by atoms with van der Waals surface area (Å²) in [4.78, 5) is 21.9. The third-order valence-corrected chi connectivity index (χ3v) is 5.38. The quantitative estimate of drug-likeness (QED) is 0.391. The van der Waals surface area contributed by atoms with Gasteiger partial charge in [-0.05, 0) is 58.0 Å². The van der Waals surface area contributed by atoms with E-state index in [1.807, 2.05) is 27.7 Å². The minimum atomic E-state index is -0.176. The van der Waals surface area contributed by atoms with Crippen LogP contribution >= 0.6 is 11.3 Å². The standard InChI is InChI=1S/C22H25N5O2S/c1-12(2)29-16-5-6-18(23)17(10-16)22(24)15-7-8-25-20(9-15)27-21(28)11-19-13(3)26-14(4)30-19/h5-10,12,24H,11,23H2,1-4H3,(H,25,27,28). The molecular formula is C22H25N5O2S. The Hall–Kier alpha value is -3.26. The molecule has 0 aliphatic heterocycles. The summed E-state index contributed by atoms with van der Waals surface area (Å²) in [5.41, 5.74) is 8.83. The second kappa shape index (κ2) is 9.04. The second-order valence-electron chi connectivity index (χ2n) is 7.19. The lowest BCUT2D eigenvalue weighted by Crippen LogP contribution is -2.16. The van der Waals surface area contributed by atoms with Crippen molar-refractivity contribution in [2.75, 3.05) is 11.1 Å². The lowest BCUT2D eigenvalue weighted by molar-refractivity contribution is -0.115. The number of thiazole rings is 1. The fraction of sp³-hybridized carbons (Fsp3) is 0.273. The molecule has 2 aromatic heterocycles. The summed E-state index contributed by atoms with van der Waals surface area (Å²) in [5.74, 6) is 0.857. The zero-order chi connectivity index (χ0) is 21.8. The molecule has 8 heteroatoms. The summed E-state index contributed by atoms with van der Waals surface area (Å²) >= 11 is 1.51. The first-order valence-corrected chi connectivity index (χ1v) is 10.4. The van der Waals surface area contributed by atoms with Gasteiger partial charge < -0.3 is 15.8 Å². The van der Waals surface area contributed by atoms with Crippen molar-refractivity contribution in [2.24, 2.45) is 0 Å². The molecule has 3 aromatic rings. The van der Waals surface area contributed by atoms with Crippen molar-refractivity contribution < 1.29 is 9.53 Å². The van der Waals surface area contributed by atoms with Crippen molar-refractivity contribution in [3.05, 3.63) is 63.2 Å². The zero-order valence-electron chi connectivity index (χ0n) is 17.4. The molecule has 0 aliphatic carbocycles. The number of anilines is 2. The van der Waals surface area contributed by atoms with Crippen LogP contribution < -0.4 is 15.8 Å². The van der Waals surface area contributed by atoms with Crippen LogP contribution in [0.3, 0.4) is 0 Å². The van der Waals surface area contributed by atoms with Gasteiger partial charge in [0.15, 0.2) is 0 Å². The number of nitrogens with zero attached hydrogens (tertiary/aromatic N) is 2. The fourth-order valence-electron chi connectivity index (χ4n) is 2.98. The zero-order valence-corrected chi connectivity index (χ0v) is 18.3. The van der Waals surface area contributed by atoms with E-state index in [2.05, 4.69) is 15.3 Å². The van der Waals surface area contributed by atoms with Gasteiger partial charge in [0, 0.05) is 27.9 Å². The van der Waals surface area contributed by atoms with Crippen LogP contribution in [0.25, 0.3) is 0 Å². The molecule has 2 heterocycles. The average Bonchev–Trinajstić information content (AvgIpc) is 2.99. The third kappa shape index (κ3) is 5.21. The van der Waals surface area contributed by atoms with Crippen molar-refractivity contribution in [3.8, 4) is 5.75 Å². The van der Waals surface area contributed by atoms with E-state index < -0.39 is 0 Å². The number of carbonyl (C=O) groups excluding carboxylic acids is 1. The smallest absolute Gasteiger partial charge is 0.230 e. The molecule has 0 spiro atoms. The number of amides is 1.